The summed E-state index contributed by atoms with van der Waals surface area (Å²) in [6, 6.07) is 0. The van der Waals surface area contributed by atoms with Gasteiger partial charge in [0.05, 0.1) is 0 Å². The summed E-state index contributed by atoms with van der Waals surface area (Å²) in [7, 11) is 0. The molecular weight excluding hydrogens is 949 g/mol. The molecule has 0 amide bonds. The molecule has 0 saturated carbocycles. The molecule has 0 aliphatic heterocycles. The smallest absolute Gasteiger partial charge is 0.306 e. The van der Waals surface area contributed by atoms with Crippen LogP contribution in [0, 0.1) is 0 Å². The van der Waals surface area contributed by atoms with Crippen LogP contribution >= 0.6 is 0 Å². The Kier molecular flexibility index (Phi) is 63.2. The van der Waals surface area contributed by atoms with E-state index in [0.717, 1.165) is 83.5 Å². The maximum absolute atomic E-state index is 12.9. The van der Waals surface area contributed by atoms with E-state index in [1.165, 1.54) is 231 Å². The van der Waals surface area contributed by atoms with Crippen molar-refractivity contribution in [3.05, 3.63) is 60.8 Å². The van der Waals surface area contributed by atoms with Gasteiger partial charge < -0.3 is 14.2 Å². The van der Waals surface area contributed by atoms with Crippen molar-refractivity contribution in [3.8, 4) is 0 Å². The fourth-order valence-electron chi connectivity index (χ4n) is 9.92. The highest BCUT2D eigenvalue weighted by Crippen LogP contribution is 2.17. The van der Waals surface area contributed by atoms with Gasteiger partial charge in [0, 0.05) is 19.3 Å². The van der Waals surface area contributed by atoms with E-state index in [2.05, 4.69) is 81.5 Å². The second-order valence-electron chi connectivity index (χ2n) is 22.7. The zero-order chi connectivity index (χ0) is 55.7. The van der Waals surface area contributed by atoms with Gasteiger partial charge in [-0.15, -0.1) is 0 Å². The number of hydrogen-bond donors (Lipinski definition) is 0. The van der Waals surface area contributed by atoms with Crippen molar-refractivity contribution in [2.45, 2.75) is 361 Å². The van der Waals surface area contributed by atoms with E-state index in [1.807, 2.05) is 0 Å². The van der Waals surface area contributed by atoms with Crippen LogP contribution in [0.2, 0.25) is 0 Å². The third kappa shape index (κ3) is 63.8. The Morgan fingerprint density at radius 1 is 0.273 bits per heavy atom. The zero-order valence-corrected chi connectivity index (χ0v) is 51.5. The van der Waals surface area contributed by atoms with Gasteiger partial charge in [-0.25, -0.2) is 0 Å². The molecular formula is C71H128O6. The van der Waals surface area contributed by atoms with Crippen molar-refractivity contribution in [1.82, 2.24) is 0 Å². The first kappa shape index (κ1) is 74.1. The summed E-state index contributed by atoms with van der Waals surface area (Å²) < 4.78 is 16.9. The van der Waals surface area contributed by atoms with Crippen molar-refractivity contribution >= 4 is 17.9 Å². The van der Waals surface area contributed by atoms with Crippen LogP contribution in [0.3, 0.4) is 0 Å². The minimum atomic E-state index is -0.788. The van der Waals surface area contributed by atoms with Crippen molar-refractivity contribution in [2.24, 2.45) is 0 Å². The Morgan fingerprint density at radius 2 is 0.506 bits per heavy atom. The standard InChI is InChI=1S/C71H128O6/c1-4-7-10-13-16-19-22-25-27-29-30-31-32-33-34-35-36-37-38-39-40-42-43-46-49-52-55-58-61-64-70(73)76-67-68(66-75-69(72)63-60-57-54-51-48-45-24-21-18-15-12-9-6-3)77-71(74)65-62-59-56-53-50-47-44-41-28-26-23-20-17-14-11-8-5-2/h9,12,18,21,26,28-30,45,48,68H,4-8,10-11,13-17,19-20,22-25,27,31-44,46-47,49-67H2,1-3H3/b12-9-,21-18-,28-26-,30-29-,48-45-. The Labute approximate surface area is 479 Å². The maximum atomic E-state index is 12.9. The first-order chi connectivity index (χ1) is 38.0. The molecule has 0 rings (SSSR count). The summed E-state index contributed by atoms with van der Waals surface area (Å²) in [5.41, 5.74) is 0. The molecule has 0 aliphatic rings. The maximum Gasteiger partial charge on any atom is 0.306 e. The molecule has 6 nitrogen and oxygen atoms in total. The molecule has 0 saturated heterocycles. The predicted molar refractivity (Wildman–Crippen MR) is 335 cm³/mol. The number of carbonyl (C=O) groups is 3. The summed E-state index contributed by atoms with van der Waals surface area (Å²) in [6.07, 6.45) is 84.0. The van der Waals surface area contributed by atoms with E-state index in [0.29, 0.717) is 19.3 Å². The molecule has 0 fully saturated rings. The number of allylic oxidation sites excluding steroid dienone is 10. The monoisotopic (exact) mass is 1080 g/mol. The van der Waals surface area contributed by atoms with E-state index in [4.69, 9.17) is 14.2 Å². The van der Waals surface area contributed by atoms with Gasteiger partial charge in [-0.1, -0.05) is 293 Å². The number of ether oxygens (including phenoxy) is 3. The highest BCUT2D eigenvalue weighted by atomic mass is 16.6. The SMILES string of the molecule is CC/C=C\C/C=C\C/C=C\CCCCCC(=O)OCC(COC(=O)CCCCCCCCCCCCCCCCCCC/C=C\CCCCCCCCCC)OC(=O)CCCCCCCCC/C=C\CCCCCCCC. The predicted octanol–water partition coefficient (Wildman–Crippen LogP) is 23.1. The molecule has 0 spiro atoms. The largest absolute Gasteiger partial charge is 0.462 e. The molecule has 6 heteroatoms. The highest BCUT2D eigenvalue weighted by Gasteiger charge is 2.19. The van der Waals surface area contributed by atoms with Crippen LogP contribution in [0.1, 0.15) is 355 Å². The normalized spacial score (nSPS) is 12.4. The number of carbonyl (C=O) groups excluding carboxylic acids is 3. The van der Waals surface area contributed by atoms with Crippen LogP contribution in [-0.2, 0) is 28.6 Å². The van der Waals surface area contributed by atoms with Crippen LogP contribution in [0.5, 0.6) is 0 Å². The Balaban J connectivity index is 4.20. The van der Waals surface area contributed by atoms with Crippen LogP contribution in [0.25, 0.3) is 0 Å². The first-order valence-corrected chi connectivity index (χ1v) is 33.8. The van der Waals surface area contributed by atoms with E-state index in [1.54, 1.807) is 0 Å². The molecule has 0 N–H and O–H groups in total. The lowest BCUT2D eigenvalue weighted by Gasteiger charge is -2.18. The molecule has 77 heavy (non-hydrogen) atoms. The van der Waals surface area contributed by atoms with E-state index in [-0.39, 0.29) is 31.1 Å². The van der Waals surface area contributed by atoms with E-state index < -0.39 is 6.10 Å². The minimum Gasteiger partial charge on any atom is -0.462 e. The van der Waals surface area contributed by atoms with Crippen molar-refractivity contribution in [2.75, 3.05) is 13.2 Å². The average molecular weight is 1080 g/mol. The fraction of sp³-hybridized carbons (Fsp3) is 0.817. The van der Waals surface area contributed by atoms with Crippen LogP contribution in [0.4, 0.5) is 0 Å². The number of unbranched alkanes of at least 4 members (excludes halogenated alkanes) is 41. The third-order valence-electron chi connectivity index (χ3n) is 15.0. The summed E-state index contributed by atoms with van der Waals surface area (Å²) >= 11 is 0. The highest BCUT2D eigenvalue weighted by molar-refractivity contribution is 5.71. The van der Waals surface area contributed by atoms with Gasteiger partial charge in [0.15, 0.2) is 6.10 Å². The lowest BCUT2D eigenvalue weighted by Crippen LogP contribution is -2.30. The molecule has 448 valence electrons. The van der Waals surface area contributed by atoms with Gasteiger partial charge >= 0.3 is 17.9 Å². The van der Waals surface area contributed by atoms with Gasteiger partial charge in [-0.3, -0.25) is 14.4 Å². The Bertz CT molecular complexity index is 1380. The Hall–Kier alpha value is -2.89. The number of rotatable bonds is 62. The third-order valence-corrected chi connectivity index (χ3v) is 15.0. The van der Waals surface area contributed by atoms with Crippen molar-refractivity contribution < 1.29 is 28.6 Å². The van der Waals surface area contributed by atoms with E-state index >= 15 is 0 Å². The van der Waals surface area contributed by atoms with E-state index in [9.17, 15) is 14.4 Å². The molecule has 0 aromatic heterocycles. The summed E-state index contributed by atoms with van der Waals surface area (Å²) in [6.45, 7) is 6.54. The lowest BCUT2D eigenvalue weighted by atomic mass is 10.0. The van der Waals surface area contributed by atoms with Gasteiger partial charge in [0.25, 0.3) is 0 Å². The van der Waals surface area contributed by atoms with Crippen LogP contribution < -0.4 is 0 Å². The molecule has 0 bridgehead atoms. The molecule has 1 atom stereocenters. The lowest BCUT2D eigenvalue weighted by molar-refractivity contribution is -0.167. The summed E-state index contributed by atoms with van der Waals surface area (Å²) in [5, 5.41) is 0. The molecule has 0 heterocycles. The molecule has 0 aromatic carbocycles. The number of esters is 3. The second-order valence-corrected chi connectivity index (χ2v) is 22.7. The van der Waals surface area contributed by atoms with Gasteiger partial charge in [0.1, 0.15) is 13.2 Å². The molecule has 0 radical (unpaired) electrons. The summed E-state index contributed by atoms with van der Waals surface area (Å²) in [4.78, 5) is 38.3. The molecule has 0 aromatic rings. The van der Waals surface area contributed by atoms with Gasteiger partial charge in [-0.05, 0) is 103 Å². The quantitative estimate of drug-likeness (QED) is 0.0261. The van der Waals surface area contributed by atoms with Crippen LogP contribution in [-0.4, -0.2) is 37.2 Å². The fourth-order valence-corrected chi connectivity index (χ4v) is 9.92. The number of hydrogen-bond acceptors (Lipinski definition) is 6. The average Bonchev–Trinajstić information content (AvgIpc) is 3.43. The van der Waals surface area contributed by atoms with Crippen molar-refractivity contribution in [1.29, 1.82) is 0 Å². The second kappa shape index (κ2) is 65.6. The zero-order valence-electron chi connectivity index (χ0n) is 51.5. The topological polar surface area (TPSA) is 78.9 Å². The van der Waals surface area contributed by atoms with Crippen molar-refractivity contribution in [3.63, 3.8) is 0 Å². The minimum absolute atomic E-state index is 0.0826. The Morgan fingerprint density at radius 3 is 0.818 bits per heavy atom. The first-order valence-electron chi connectivity index (χ1n) is 33.8. The molecule has 0 aliphatic carbocycles. The molecule has 1 unspecified atom stereocenters. The van der Waals surface area contributed by atoms with Gasteiger partial charge in [-0.2, -0.15) is 0 Å². The van der Waals surface area contributed by atoms with Gasteiger partial charge in [0.2, 0.25) is 0 Å². The van der Waals surface area contributed by atoms with Crippen LogP contribution in [0.15, 0.2) is 60.8 Å². The summed E-state index contributed by atoms with van der Waals surface area (Å²) in [5.74, 6) is -0.900.